The lowest BCUT2D eigenvalue weighted by Crippen LogP contribution is -2.44. The summed E-state index contributed by atoms with van der Waals surface area (Å²) in [6.45, 7) is 3.53. The summed E-state index contributed by atoms with van der Waals surface area (Å²) in [7, 11) is 4.30. The van der Waals surface area contributed by atoms with Crippen molar-refractivity contribution in [3.8, 4) is 0 Å². The van der Waals surface area contributed by atoms with Gasteiger partial charge in [0.1, 0.15) is 0 Å². The van der Waals surface area contributed by atoms with Crippen LogP contribution in [0.1, 0.15) is 12.8 Å². The van der Waals surface area contributed by atoms with Gasteiger partial charge in [0.25, 0.3) is 0 Å². The summed E-state index contributed by atoms with van der Waals surface area (Å²) in [4.78, 5) is 9.20. The lowest BCUT2D eigenvalue weighted by molar-refractivity contribution is 0.186. The number of rotatable bonds is 0. The Kier molecular flexibility index (Phi) is 1.83. The minimum absolute atomic E-state index is 0.279. The van der Waals surface area contributed by atoms with Crippen LogP contribution in [-0.2, 0) is 0 Å². The molecule has 0 radical (unpaired) electrons. The predicted octanol–water partition coefficient (Wildman–Crippen LogP) is 0.424. The summed E-state index contributed by atoms with van der Waals surface area (Å²) in [5, 5.41) is 0. The van der Waals surface area contributed by atoms with Crippen LogP contribution in [0.2, 0.25) is 0 Å². The fraction of sp³-hybridized carbons (Fsp3) is 0.889. The Morgan fingerprint density at radius 3 is 2.42 bits per heavy atom. The molecule has 0 N–H and O–H groups in total. The first-order chi connectivity index (χ1) is 5.70. The number of aliphatic imine (C=N–C) groups is 1. The number of likely N-dealkylation sites (N-methyl/N-ethyl adjacent to an activating group) is 1. The van der Waals surface area contributed by atoms with E-state index in [4.69, 9.17) is 0 Å². The van der Waals surface area contributed by atoms with E-state index >= 15 is 0 Å². The highest BCUT2D eigenvalue weighted by atomic mass is 15.2. The van der Waals surface area contributed by atoms with Crippen LogP contribution in [-0.4, -0.2) is 55.4 Å². The van der Waals surface area contributed by atoms with Crippen molar-refractivity contribution >= 4 is 6.34 Å². The molecule has 0 aromatic heterocycles. The molecule has 0 aliphatic carbocycles. The number of hydrogen-bond acceptors (Lipinski definition) is 3. The zero-order chi connectivity index (χ0) is 8.60. The molecular formula is C9H17N3. The Morgan fingerprint density at radius 1 is 1.25 bits per heavy atom. The van der Waals surface area contributed by atoms with Gasteiger partial charge in [0.05, 0.1) is 11.9 Å². The van der Waals surface area contributed by atoms with E-state index in [9.17, 15) is 0 Å². The standard InChI is InChI=1S/C9H17N3/c1-11-5-3-9(4-6-11)7-12(2)8-10-9/h8H,3-7H2,1-2H3. The fourth-order valence-electron chi connectivity index (χ4n) is 2.09. The van der Waals surface area contributed by atoms with Gasteiger partial charge in [-0.3, -0.25) is 4.99 Å². The third-order valence-electron chi connectivity index (χ3n) is 2.99. The van der Waals surface area contributed by atoms with E-state index in [0.29, 0.717) is 0 Å². The smallest absolute Gasteiger partial charge is 0.0855 e. The minimum Gasteiger partial charge on any atom is -0.364 e. The number of piperidine rings is 1. The molecule has 2 aliphatic rings. The molecule has 0 unspecified atom stereocenters. The topological polar surface area (TPSA) is 18.8 Å². The Balaban J connectivity index is 2.00. The van der Waals surface area contributed by atoms with E-state index in [0.717, 1.165) is 6.54 Å². The Bertz CT molecular complexity index is 192. The summed E-state index contributed by atoms with van der Waals surface area (Å²) < 4.78 is 0. The summed E-state index contributed by atoms with van der Waals surface area (Å²) in [6.07, 6.45) is 4.44. The lowest BCUT2D eigenvalue weighted by atomic mass is 9.89. The molecule has 0 bridgehead atoms. The zero-order valence-corrected chi connectivity index (χ0v) is 7.95. The van der Waals surface area contributed by atoms with Crippen LogP contribution >= 0.6 is 0 Å². The second-order valence-electron chi connectivity index (χ2n) is 4.19. The van der Waals surface area contributed by atoms with Gasteiger partial charge in [0.15, 0.2) is 0 Å². The van der Waals surface area contributed by atoms with Gasteiger partial charge in [-0.25, -0.2) is 0 Å². The van der Waals surface area contributed by atoms with Gasteiger partial charge in [-0.05, 0) is 19.9 Å². The molecule has 0 saturated carbocycles. The highest BCUT2D eigenvalue weighted by Crippen LogP contribution is 2.29. The van der Waals surface area contributed by atoms with Crippen molar-refractivity contribution < 1.29 is 0 Å². The monoisotopic (exact) mass is 167 g/mol. The lowest BCUT2D eigenvalue weighted by Gasteiger charge is -2.35. The van der Waals surface area contributed by atoms with E-state index in [1.54, 1.807) is 0 Å². The van der Waals surface area contributed by atoms with Gasteiger partial charge in [-0.1, -0.05) is 0 Å². The van der Waals surface area contributed by atoms with Gasteiger partial charge >= 0.3 is 0 Å². The van der Waals surface area contributed by atoms with Crippen LogP contribution in [0.3, 0.4) is 0 Å². The largest absolute Gasteiger partial charge is 0.364 e. The number of nitrogens with zero attached hydrogens (tertiary/aromatic N) is 3. The van der Waals surface area contributed by atoms with Crippen molar-refractivity contribution in [2.75, 3.05) is 33.7 Å². The summed E-state index contributed by atoms with van der Waals surface area (Å²) in [5.74, 6) is 0. The van der Waals surface area contributed by atoms with Crippen LogP contribution in [0.4, 0.5) is 0 Å². The second-order valence-corrected chi connectivity index (χ2v) is 4.19. The summed E-state index contributed by atoms with van der Waals surface area (Å²) in [5.41, 5.74) is 0.279. The zero-order valence-electron chi connectivity index (χ0n) is 7.95. The Labute approximate surface area is 74.1 Å². The molecule has 0 aromatic rings. The van der Waals surface area contributed by atoms with E-state index in [2.05, 4.69) is 28.9 Å². The first-order valence-electron chi connectivity index (χ1n) is 4.64. The van der Waals surface area contributed by atoms with Crippen LogP contribution < -0.4 is 0 Å². The summed E-state index contributed by atoms with van der Waals surface area (Å²) in [6, 6.07) is 0. The maximum atomic E-state index is 4.62. The highest BCUT2D eigenvalue weighted by Gasteiger charge is 2.36. The average molecular weight is 167 g/mol. The fourth-order valence-corrected chi connectivity index (χ4v) is 2.09. The van der Waals surface area contributed by atoms with Crippen molar-refractivity contribution in [2.45, 2.75) is 18.4 Å². The van der Waals surface area contributed by atoms with Crippen molar-refractivity contribution in [1.82, 2.24) is 9.80 Å². The SMILES string of the molecule is CN1C=NC2(CCN(C)CC2)C1. The maximum Gasteiger partial charge on any atom is 0.0855 e. The first-order valence-corrected chi connectivity index (χ1v) is 4.64. The molecule has 2 rings (SSSR count). The molecule has 0 aromatic carbocycles. The molecule has 0 atom stereocenters. The van der Waals surface area contributed by atoms with Crippen LogP contribution in [0, 0.1) is 0 Å². The van der Waals surface area contributed by atoms with Crippen molar-refractivity contribution in [3.05, 3.63) is 0 Å². The quantitative estimate of drug-likeness (QED) is 0.521. The first kappa shape index (κ1) is 8.05. The summed E-state index contributed by atoms with van der Waals surface area (Å²) >= 11 is 0. The molecule has 1 saturated heterocycles. The van der Waals surface area contributed by atoms with Crippen LogP contribution in [0.15, 0.2) is 4.99 Å². The van der Waals surface area contributed by atoms with Crippen molar-refractivity contribution in [3.63, 3.8) is 0 Å². The van der Waals surface area contributed by atoms with E-state index in [-0.39, 0.29) is 5.54 Å². The number of hydrogen-bond donors (Lipinski definition) is 0. The molecule has 1 spiro atoms. The predicted molar refractivity (Wildman–Crippen MR) is 50.6 cm³/mol. The van der Waals surface area contributed by atoms with E-state index in [1.165, 1.54) is 25.9 Å². The van der Waals surface area contributed by atoms with Gasteiger partial charge in [0, 0.05) is 26.7 Å². The van der Waals surface area contributed by atoms with Crippen LogP contribution in [0.25, 0.3) is 0 Å². The second kappa shape index (κ2) is 2.73. The van der Waals surface area contributed by atoms with E-state index in [1.807, 2.05) is 6.34 Å². The molecule has 3 heteroatoms. The van der Waals surface area contributed by atoms with Crippen molar-refractivity contribution in [2.24, 2.45) is 4.99 Å². The molecule has 12 heavy (non-hydrogen) atoms. The Hall–Kier alpha value is -0.570. The number of likely N-dealkylation sites (tertiary alicyclic amines) is 1. The minimum atomic E-state index is 0.279. The van der Waals surface area contributed by atoms with Crippen LogP contribution in [0.5, 0.6) is 0 Å². The molecule has 3 nitrogen and oxygen atoms in total. The average Bonchev–Trinajstić information content (AvgIpc) is 2.40. The van der Waals surface area contributed by atoms with Gasteiger partial charge in [-0.15, -0.1) is 0 Å². The Morgan fingerprint density at radius 2 is 1.92 bits per heavy atom. The highest BCUT2D eigenvalue weighted by molar-refractivity contribution is 5.58. The van der Waals surface area contributed by atoms with E-state index < -0.39 is 0 Å². The molecular weight excluding hydrogens is 150 g/mol. The van der Waals surface area contributed by atoms with Gasteiger partial charge < -0.3 is 9.80 Å². The molecule has 2 heterocycles. The van der Waals surface area contributed by atoms with Gasteiger partial charge in [-0.2, -0.15) is 0 Å². The molecule has 68 valence electrons. The third-order valence-corrected chi connectivity index (χ3v) is 2.99. The molecule has 0 amide bonds. The molecule has 2 aliphatic heterocycles. The maximum absolute atomic E-state index is 4.62. The normalized spacial score (nSPS) is 28.7. The van der Waals surface area contributed by atoms with Crippen molar-refractivity contribution in [1.29, 1.82) is 0 Å². The van der Waals surface area contributed by atoms with Gasteiger partial charge in [0.2, 0.25) is 0 Å². The third kappa shape index (κ3) is 1.33. The molecule has 1 fully saturated rings.